The molecule has 0 unspecified atom stereocenters. The fraction of sp³-hybridized carbons (Fsp3) is 0.625. The van der Waals surface area contributed by atoms with Gasteiger partial charge in [0.1, 0.15) is 0 Å². The Balaban J connectivity index is 2.42. The Morgan fingerprint density at radius 2 is 2.40 bits per heavy atom. The highest BCUT2D eigenvalue weighted by molar-refractivity contribution is 5.73. The zero-order chi connectivity index (χ0) is 7.56. The molecular weight excluding hydrogens is 128 g/mol. The molecule has 2 heteroatoms. The summed E-state index contributed by atoms with van der Waals surface area (Å²) in [6.07, 6.45) is 3.89. The van der Waals surface area contributed by atoms with E-state index in [4.69, 9.17) is 0 Å². The summed E-state index contributed by atoms with van der Waals surface area (Å²) in [5.41, 5.74) is 0. The molecular formula is C8H12O2. The van der Waals surface area contributed by atoms with E-state index in [-0.39, 0.29) is 11.9 Å². The first kappa shape index (κ1) is 7.32. The van der Waals surface area contributed by atoms with E-state index >= 15 is 0 Å². The topological polar surface area (TPSA) is 26.3 Å². The number of hydrogen-bond acceptors (Lipinski definition) is 2. The lowest BCUT2D eigenvalue weighted by Crippen LogP contribution is -2.32. The molecule has 0 aromatic rings. The summed E-state index contributed by atoms with van der Waals surface area (Å²) < 4.78 is 4.60. The standard InChI is InChI=1S/C8H12O2/c1-3-6-4-5-7(6)8(9)10-2/h3,6-7H,1,4-5H2,2H3/t6-,7+/m0/s1. The van der Waals surface area contributed by atoms with Crippen LogP contribution in [-0.4, -0.2) is 13.1 Å². The molecule has 1 aliphatic carbocycles. The number of carbonyl (C=O) groups is 1. The molecule has 0 amide bonds. The first-order chi connectivity index (χ1) is 4.79. The van der Waals surface area contributed by atoms with Crippen LogP contribution in [0, 0.1) is 11.8 Å². The second-order valence-corrected chi connectivity index (χ2v) is 2.61. The molecule has 0 heterocycles. The molecule has 0 aromatic carbocycles. The van der Waals surface area contributed by atoms with Gasteiger partial charge in [0.2, 0.25) is 0 Å². The van der Waals surface area contributed by atoms with Gasteiger partial charge in [-0.15, -0.1) is 6.58 Å². The SMILES string of the molecule is C=C[C@H]1CC[C@H]1C(=O)OC. The summed E-state index contributed by atoms with van der Waals surface area (Å²) in [5, 5.41) is 0. The van der Waals surface area contributed by atoms with Crippen LogP contribution in [-0.2, 0) is 9.53 Å². The molecule has 0 radical (unpaired) electrons. The van der Waals surface area contributed by atoms with Gasteiger partial charge in [0, 0.05) is 0 Å². The first-order valence-electron chi connectivity index (χ1n) is 3.50. The molecule has 0 saturated heterocycles. The third-order valence-corrected chi connectivity index (χ3v) is 2.13. The Hall–Kier alpha value is -0.790. The Labute approximate surface area is 60.9 Å². The van der Waals surface area contributed by atoms with Crippen LogP contribution in [0.5, 0.6) is 0 Å². The molecule has 1 saturated carbocycles. The Bertz CT molecular complexity index is 151. The molecule has 1 aliphatic rings. The highest BCUT2D eigenvalue weighted by Gasteiger charge is 2.34. The molecule has 0 spiro atoms. The predicted octanol–water partition coefficient (Wildman–Crippen LogP) is 1.37. The normalized spacial score (nSPS) is 30.5. The van der Waals surface area contributed by atoms with Gasteiger partial charge in [-0.25, -0.2) is 0 Å². The van der Waals surface area contributed by atoms with Crippen LogP contribution in [0.15, 0.2) is 12.7 Å². The van der Waals surface area contributed by atoms with Crippen LogP contribution < -0.4 is 0 Å². The van der Waals surface area contributed by atoms with E-state index in [1.165, 1.54) is 7.11 Å². The molecule has 2 nitrogen and oxygen atoms in total. The van der Waals surface area contributed by atoms with Crippen LogP contribution in [0.25, 0.3) is 0 Å². The number of esters is 1. The largest absolute Gasteiger partial charge is 0.469 e. The van der Waals surface area contributed by atoms with E-state index in [0.717, 1.165) is 12.8 Å². The zero-order valence-electron chi connectivity index (χ0n) is 6.17. The lowest BCUT2D eigenvalue weighted by Gasteiger charge is -2.31. The maximum absolute atomic E-state index is 10.9. The van der Waals surface area contributed by atoms with Crippen LogP contribution in [0.2, 0.25) is 0 Å². The molecule has 56 valence electrons. The fourth-order valence-electron chi connectivity index (χ4n) is 1.25. The van der Waals surface area contributed by atoms with E-state index < -0.39 is 0 Å². The molecule has 0 aliphatic heterocycles. The second kappa shape index (κ2) is 2.86. The molecule has 2 atom stereocenters. The van der Waals surface area contributed by atoms with Crippen molar-refractivity contribution in [3.8, 4) is 0 Å². The summed E-state index contributed by atoms with van der Waals surface area (Å²) in [5.74, 6) is 0.381. The van der Waals surface area contributed by atoms with Crippen molar-refractivity contribution in [3.05, 3.63) is 12.7 Å². The average molecular weight is 140 g/mol. The highest BCUT2D eigenvalue weighted by Crippen LogP contribution is 2.35. The molecule has 0 bridgehead atoms. The van der Waals surface area contributed by atoms with Gasteiger partial charge in [-0.2, -0.15) is 0 Å². The van der Waals surface area contributed by atoms with E-state index in [1.54, 1.807) is 0 Å². The second-order valence-electron chi connectivity index (χ2n) is 2.61. The van der Waals surface area contributed by atoms with Crippen LogP contribution in [0.3, 0.4) is 0 Å². The minimum absolute atomic E-state index is 0.0869. The summed E-state index contributed by atoms with van der Waals surface area (Å²) >= 11 is 0. The molecule has 0 aromatic heterocycles. The monoisotopic (exact) mass is 140 g/mol. The summed E-state index contributed by atoms with van der Waals surface area (Å²) in [4.78, 5) is 10.9. The number of carbonyl (C=O) groups excluding carboxylic acids is 1. The van der Waals surface area contributed by atoms with Gasteiger partial charge >= 0.3 is 5.97 Å². The van der Waals surface area contributed by atoms with Crippen LogP contribution in [0.1, 0.15) is 12.8 Å². The Morgan fingerprint density at radius 1 is 1.70 bits per heavy atom. The van der Waals surface area contributed by atoms with Crippen molar-refractivity contribution < 1.29 is 9.53 Å². The minimum Gasteiger partial charge on any atom is -0.469 e. The van der Waals surface area contributed by atoms with Crippen molar-refractivity contribution in [3.63, 3.8) is 0 Å². The van der Waals surface area contributed by atoms with Crippen molar-refractivity contribution in [1.29, 1.82) is 0 Å². The van der Waals surface area contributed by atoms with Gasteiger partial charge in [0.15, 0.2) is 0 Å². The molecule has 0 N–H and O–H groups in total. The number of allylic oxidation sites excluding steroid dienone is 1. The average Bonchev–Trinajstić information content (AvgIpc) is 1.86. The van der Waals surface area contributed by atoms with Crippen molar-refractivity contribution in [2.45, 2.75) is 12.8 Å². The summed E-state index contributed by atoms with van der Waals surface area (Å²) in [7, 11) is 1.43. The van der Waals surface area contributed by atoms with Gasteiger partial charge in [-0.1, -0.05) is 6.08 Å². The van der Waals surface area contributed by atoms with E-state index in [1.807, 2.05) is 6.08 Å². The van der Waals surface area contributed by atoms with Gasteiger partial charge in [-0.3, -0.25) is 4.79 Å². The third kappa shape index (κ3) is 1.06. The zero-order valence-corrected chi connectivity index (χ0v) is 6.17. The van der Waals surface area contributed by atoms with Crippen LogP contribution in [0.4, 0.5) is 0 Å². The molecule has 10 heavy (non-hydrogen) atoms. The lowest BCUT2D eigenvalue weighted by molar-refractivity contribution is -0.150. The van der Waals surface area contributed by atoms with Gasteiger partial charge in [-0.05, 0) is 18.8 Å². The Morgan fingerprint density at radius 3 is 2.70 bits per heavy atom. The smallest absolute Gasteiger partial charge is 0.309 e. The summed E-state index contributed by atoms with van der Waals surface area (Å²) in [6.45, 7) is 3.64. The van der Waals surface area contributed by atoms with E-state index in [0.29, 0.717) is 5.92 Å². The summed E-state index contributed by atoms with van der Waals surface area (Å²) in [6, 6.07) is 0. The lowest BCUT2D eigenvalue weighted by atomic mass is 9.74. The van der Waals surface area contributed by atoms with Crippen molar-refractivity contribution in [1.82, 2.24) is 0 Å². The number of ether oxygens (including phenoxy) is 1. The fourth-order valence-corrected chi connectivity index (χ4v) is 1.25. The third-order valence-electron chi connectivity index (χ3n) is 2.13. The molecule has 1 rings (SSSR count). The van der Waals surface area contributed by atoms with Crippen molar-refractivity contribution in [2.75, 3.05) is 7.11 Å². The highest BCUT2D eigenvalue weighted by atomic mass is 16.5. The van der Waals surface area contributed by atoms with Crippen LogP contribution >= 0.6 is 0 Å². The minimum atomic E-state index is -0.0869. The number of rotatable bonds is 2. The molecule has 1 fully saturated rings. The number of hydrogen-bond donors (Lipinski definition) is 0. The maximum atomic E-state index is 10.9. The van der Waals surface area contributed by atoms with Gasteiger partial charge in [0.05, 0.1) is 13.0 Å². The van der Waals surface area contributed by atoms with Gasteiger partial charge in [0.25, 0.3) is 0 Å². The number of methoxy groups -OCH3 is 1. The van der Waals surface area contributed by atoms with Crippen molar-refractivity contribution >= 4 is 5.97 Å². The van der Waals surface area contributed by atoms with Crippen molar-refractivity contribution in [2.24, 2.45) is 11.8 Å². The van der Waals surface area contributed by atoms with E-state index in [9.17, 15) is 4.79 Å². The Kier molecular flexibility index (Phi) is 2.10. The van der Waals surface area contributed by atoms with E-state index in [2.05, 4.69) is 11.3 Å². The maximum Gasteiger partial charge on any atom is 0.309 e. The quantitative estimate of drug-likeness (QED) is 0.427. The van der Waals surface area contributed by atoms with Gasteiger partial charge < -0.3 is 4.74 Å². The predicted molar refractivity (Wildman–Crippen MR) is 38.4 cm³/mol. The first-order valence-corrected chi connectivity index (χ1v) is 3.50.